The van der Waals surface area contributed by atoms with E-state index in [9.17, 15) is 15.0 Å². The Morgan fingerprint density at radius 2 is 2.00 bits per heavy atom. The average Bonchev–Trinajstić information content (AvgIpc) is 2.33. The fraction of sp³-hybridized carbons (Fsp3) is 0.562. The highest BCUT2D eigenvalue weighted by molar-refractivity contribution is 5.74. The normalized spacial score (nSPS) is 13.0. The monoisotopic (exact) mass is 294 g/mol. The van der Waals surface area contributed by atoms with Crippen molar-refractivity contribution >= 4 is 6.03 Å². The van der Waals surface area contributed by atoms with Gasteiger partial charge in [0, 0.05) is 12.1 Å². The van der Waals surface area contributed by atoms with E-state index < -0.39 is 6.10 Å². The minimum atomic E-state index is -0.851. The first-order valence-corrected chi connectivity index (χ1v) is 7.22. The topological polar surface area (TPSA) is 81.6 Å². The summed E-state index contributed by atoms with van der Waals surface area (Å²) in [5.74, 6) is 0.576. The third-order valence-electron chi connectivity index (χ3n) is 3.08. The summed E-state index contributed by atoms with van der Waals surface area (Å²) >= 11 is 0. The zero-order valence-corrected chi connectivity index (χ0v) is 13.2. The summed E-state index contributed by atoms with van der Waals surface area (Å²) in [6.07, 6.45) is 0.0197. The quantitative estimate of drug-likeness (QED) is 0.651. The zero-order valence-electron chi connectivity index (χ0n) is 13.2. The van der Waals surface area contributed by atoms with Crippen molar-refractivity contribution in [2.75, 3.05) is 6.54 Å². The summed E-state index contributed by atoms with van der Waals surface area (Å²) < 4.78 is 0. The van der Waals surface area contributed by atoms with Crippen molar-refractivity contribution < 1.29 is 15.0 Å². The van der Waals surface area contributed by atoms with Gasteiger partial charge in [0.05, 0.1) is 6.10 Å². The number of aliphatic hydroxyl groups is 1. The molecule has 2 amide bonds. The maximum atomic E-state index is 11.9. The Labute approximate surface area is 126 Å². The van der Waals surface area contributed by atoms with Gasteiger partial charge in [0.15, 0.2) is 0 Å². The molecule has 1 atom stereocenters. The van der Waals surface area contributed by atoms with Crippen LogP contribution in [0, 0.1) is 5.92 Å². The number of carbonyl (C=O) groups excluding carboxylic acids is 1. The first-order chi connectivity index (χ1) is 9.69. The molecular formula is C16H26N2O3. The van der Waals surface area contributed by atoms with Crippen LogP contribution in [0.15, 0.2) is 24.3 Å². The third-order valence-corrected chi connectivity index (χ3v) is 3.08. The van der Waals surface area contributed by atoms with Crippen molar-refractivity contribution in [2.45, 2.75) is 45.8 Å². The second-order valence-corrected chi connectivity index (χ2v) is 6.43. The molecule has 0 fully saturated rings. The molecule has 0 radical (unpaired) electrons. The fourth-order valence-corrected chi connectivity index (χ4v) is 2.46. The number of benzene rings is 1. The van der Waals surface area contributed by atoms with Gasteiger partial charge in [-0.1, -0.05) is 26.0 Å². The molecule has 1 unspecified atom stereocenters. The lowest BCUT2D eigenvalue weighted by Crippen LogP contribution is -2.49. The molecule has 0 bridgehead atoms. The second kappa shape index (κ2) is 7.31. The second-order valence-electron chi connectivity index (χ2n) is 6.43. The van der Waals surface area contributed by atoms with Gasteiger partial charge in [0.2, 0.25) is 0 Å². The molecule has 0 saturated heterocycles. The van der Waals surface area contributed by atoms with Crippen molar-refractivity contribution in [3.05, 3.63) is 29.8 Å². The lowest BCUT2D eigenvalue weighted by molar-refractivity contribution is 0.170. The molecule has 21 heavy (non-hydrogen) atoms. The van der Waals surface area contributed by atoms with Gasteiger partial charge >= 0.3 is 6.03 Å². The van der Waals surface area contributed by atoms with E-state index in [1.807, 2.05) is 13.8 Å². The Morgan fingerprint density at radius 3 is 2.57 bits per heavy atom. The molecule has 4 N–H and O–H groups in total. The first-order valence-electron chi connectivity index (χ1n) is 7.22. The van der Waals surface area contributed by atoms with Crippen LogP contribution in [0.2, 0.25) is 0 Å². The molecule has 5 heteroatoms. The van der Waals surface area contributed by atoms with E-state index >= 15 is 0 Å². The van der Waals surface area contributed by atoms with Crippen LogP contribution in [-0.4, -0.2) is 28.3 Å². The Morgan fingerprint density at radius 1 is 1.33 bits per heavy atom. The van der Waals surface area contributed by atoms with E-state index in [1.54, 1.807) is 12.1 Å². The highest BCUT2D eigenvalue weighted by Crippen LogP contribution is 2.18. The van der Waals surface area contributed by atoms with Gasteiger partial charge in [-0.3, -0.25) is 0 Å². The molecule has 0 heterocycles. The predicted octanol–water partition coefficient (Wildman–Crippen LogP) is 2.55. The van der Waals surface area contributed by atoms with Crippen molar-refractivity contribution in [1.82, 2.24) is 10.6 Å². The number of hydrogen-bond donors (Lipinski definition) is 4. The Kier molecular flexibility index (Phi) is 6.03. The minimum Gasteiger partial charge on any atom is -0.508 e. The number of phenols is 1. The van der Waals surface area contributed by atoms with E-state index in [1.165, 1.54) is 12.1 Å². The third kappa shape index (κ3) is 6.49. The van der Waals surface area contributed by atoms with E-state index in [2.05, 4.69) is 24.5 Å². The molecule has 0 aromatic heterocycles. The molecule has 118 valence electrons. The number of hydrogen-bond acceptors (Lipinski definition) is 3. The van der Waals surface area contributed by atoms with Crippen molar-refractivity contribution in [3.63, 3.8) is 0 Å². The van der Waals surface area contributed by atoms with Crippen LogP contribution >= 0.6 is 0 Å². The Hall–Kier alpha value is -1.75. The molecule has 1 rings (SSSR count). The van der Waals surface area contributed by atoms with Gasteiger partial charge < -0.3 is 20.8 Å². The number of carbonyl (C=O) groups is 1. The molecule has 0 spiro atoms. The standard InChI is InChI=1S/C16H26N2O3/c1-11(2)9-16(3,4)18-15(21)17-10-14(20)12-6-5-7-13(19)8-12/h5-8,11,14,19-20H,9-10H2,1-4H3,(H2,17,18,21). The number of rotatable bonds is 6. The lowest BCUT2D eigenvalue weighted by Gasteiger charge is -2.28. The van der Waals surface area contributed by atoms with Crippen LogP contribution in [0.3, 0.4) is 0 Å². The lowest BCUT2D eigenvalue weighted by atomic mass is 9.93. The number of amides is 2. The minimum absolute atomic E-state index is 0.0903. The number of phenolic OH excluding ortho intramolecular Hbond substituents is 1. The summed E-state index contributed by atoms with van der Waals surface area (Å²) in [4.78, 5) is 11.9. The van der Waals surface area contributed by atoms with Crippen LogP contribution in [-0.2, 0) is 0 Å². The van der Waals surface area contributed by atoms with E-state index in [4.69, 9.17) is 0 Å². The van der Waals surface area contributed by atoms with E-state index in [-0.39, 0.29) is 23.9 Å². The first kappa shape index (κ1) is 17.3. The van der Waals surface area contributed by atoms with Crippen LogP contribution in [0.1, 0.15) is 45.8 Å². The van der Waals surface area contributed by atoms with Gasteiger partial charge in [-0.2, -0.15) is 0 Å². The van der Waals surface area contributed by atoms with Crippen molar-refractivity contribution in [1.29, 1.82) is 0 Å². The molecule has 5 nitrogen and oxygen atoms in total. The maximum Gasteiger partial charge on any atom is 0.315 e. The summed E-state index contributed by atoms with van der Waals surface area (Å²) in [5.41, 5.74) is 0.269. The summed E-state index contributed by atoms with van der Waals surface area (Å²) in [6.45, 7) is 8.24. The average molecular weight is 294 g/mol. The van der Waals surface area contributed by atoms with Gasteiger partial charge in [0.1, 0.15) is 5.75 Å². The van der Waals surface area contributed by atoms with Crippen LogP contribution in [0.5, 0.6) is 5.75 Å². The number of aromatic hydroxyl groups is 1. The maximum absolute atomic E-state index is 11.9. The molecule has 1 aromatic carbocycles. The highest BCUT2D eigenvalue weighted by Gasteiger charge is 2.21. The van der Waals surface area contributed by atoms with Gasteiger partial charge in [-0.15, -0.1) is 0 Å². The molecular weight excluding hydrogens is 268 g/mol. The summed E-state index contributed by atoms with van der Waals surface area (Å²) in [5, 5.41) is 24.9. The van der Waals surface area contributed by atoms with Crippen LogP contribution in [0.4, 0.5) is 4.79 Å². The Bertz CT molecular complexity index is 472. The van der Waals surface area contributed by atoms with Crippen molar-refractivity contribution in [2.24, 2.45) is 5.92 Å². The predicted molar refractivity (Wildman–Crippen MR) is 83.1 cm³/mol. The van der Waals surface area contributed by atoms with Crippen molar-refractivity contribution in [3.8, 4) is 5.75 Å². The van der Waals surface area contributed by atoms with Gasteiger partial charge in [-0.05, 0) is 43.9 Å². The fourth-order valence-electron chi connectivity index (χ4n) is 2.46. The SMILES string of the molecule is CC(C)CC(C)(C)NC(=O)NCC(O)c1cccc(O)c1. The smallest absolute Gasteiger partial charge is 0.315 e. The van der Waals surface area contributed by atoms with E-state index in [0.29, 0.717) is 11.5 Å². The largest absolute Gasteiger partial charge is 0.508 e. The van der Waals surface area contributed by atoms with Gasteiger partial charge in [0.25, 0.3) is 0 Å². The zero-order chi connectivity index (χ0) is 16.0. The molecule has 0 aliphatic rings. The van der Waals surface area contributed by atoms with E-state index in [0.717, 1.165) is 6.42 Å². The summed E-state index contributed by atoms with van der Waals surface area (Å²) in [6, 6.07) is 6.06. The number of nitrogens with one attached hydrogen (secondary N) is 2. The molecule has 0 saturated carbocycles. The Balaban J connectivity index is 2.46. The number of aliphatic hydroxyl groups excluding tert-OH is 1. The molecule has 0 aliphatic heterocycles. The molecule has 0 aliphatic carbocycles. The highest BCUT2D eigenvalue weighted by atomic mass is 16.3. The van der Waals surface area contributed by atoms with Gasteiger partial charge in [-0.25, -0.2) is 4.79 Å². The molecule has 1 aromatic rings. The summed E-state index contributed by atoms with van der Waals surface area (Å²) in [7, 11) is 0. The van der Waals surface area contributed by atoms with Crippen LogP contribution < -0.4 is 10.6 Å². The number of urea groups is 1. The van der Waals surface area contributed by atoms with Crippen LogP contribution in [0.25, 0.3) is 0 Å².